The Bertz CT molecular complexity index is 724. The Balaban J connectivity index is 1.67. The molecule has 1 aliphatic carbocycles. The van der Waals surface area contributed by atoms with Gasteiger partial charge in [0.1, 0.15) is 5.82 Å². The standard InChI is InChI=1S/C21H27FN4/c1-23-20(25-15-19-10-3-6-13-24-19)26-16-21(11-4-2-5-12-21)17-8-7-9-18(22)14-17/h3,6-10,13-14H,2,4-5,11-12,15-16H2,1H3,(H2,23,25,26). The van der Waals surface area contributed by atoms with Crippen molar-refractivity contribution >= 4 is 5.96 Å². The van der Waals surface area contributed by atoms with E-state index in [1.165, 1.54) is 25.3 Å². The molecule has 0 atom stereocenters. The first-order valence-electron chi connectivity index (χ1n) is 9.32. The van der Waals surface area contributed by atoms with Crippen LogP contribution in [0.4, 0.5) is 4.39 Å². The Morgan fingerprint density at radius 1 is 1.12 bits per heavy atom. The number of hydrogen-bond acceptors (Lipinski definition) is 2. The Hall–Kier alpha value is -2.43. The lowest BCUT2D eigenvalue weighted by molar-refractivity contribution is 0.290. The summed E-state index contributed by atoms with van der Waals surface area (Å²) in [5.41, 5.74) is 2.01. The van der Waals surface area contributed by atoms with Crippen LogP contribution in [-0.2, 0) is 12.0 Å². The van der Waals surface area contributed by atoms with Gasteiger partial charge in [0.05, 0.1) is 12.2 Å². The van der Waals surface area contributed by atoms with E-state index in [2.05, 4.69) is 26.7 Å². The van der Waals surface area contributed by atoms with Crippen LogP contribution >= 0.6 is 0 Å². The summed E-state index contributed by atoms with van der Waals surface area (Å²) in [5.74, 6) is 0.585. The maximum Gasteiger partial charge on any atom is 0.191 e. The monoisotopic (exact) mass is 354 g/mol. The maximum absolute atomic E-state index is 13.8. The number of halogens is 1. The molecule has 2 aromatic rings. The van der Waals surface area contributed by atoms with Crippen molar-refractivity contribution in [3.05, 3.63) is 65.7 Å². The number of nitrogens with zero attached hydrogens (tertiary/aromatic N) is 2. The van der Waals surface area contributed by atoms with Gasteiger partial charge in [0, 0.05) is 25.2 Å². The summed E-state index contributed by atoms with van der Waals surface area (Å²) >= 11 is 0. The molecule has 4 nitrogen and oxygen atoms in total. The summed E-state index contributed by atoms with van der Waals surface area (Å²) in [4.78, 5) is 8.64. The molecule has 1 aliphatic rings. The molecule has 1 heterocycles. The van der Waals surface area contributed by atoms with Gasteiger partial charge in [-0.2, -0.15) is 0 Å². The molecule has 3 rings (SSSR count). The zero-order valence-corrected chi connectivity index (χ0v) is 15.3. The molecule has 0 aliphatic heterocycles. The van der Waals surface area contributed by atoms with Gasteiger partial charge in [-0.15, -0.1) is 0 Å². The van der Waals surface area contributed by atoms with Gasteiger partial charge in [0.2, 0.25) is 0 Å². The third-order valence-electron chi connectivity index (χ3n) is 5.23. The molecule has 26 heavy (non-hydrogen) atoms. The molecule has 1 saturated carbocycles. The number of benzene rings is 1. The van der Waals surface area contributed by atoms with Crippen LogP contribution in [-0.4, -0.2) is 24.5 Å². The quantitative estimate of drug-likeness (QED) is 0.634. The molecule has 0 radical (unpaired) electrons. The molecular formula is C21H27FN4. The fraction of sp³-hybridized carbons (Fsp3) is 0.429. The highest BCUT2D eigenvalue weighted by molar-refractivity contribution is 5.79. The number of aromatic nitrogens is 1. The van der Waals surface area contributed by atoms with Gasteiger partial charge in [0.15, 0.2) is 5.96 Å². The van der Waals surface area contributed by atoms with Crippen LogP contribution in [0.2, 0.25) is 0 Å². The molecule has 0 saturated heterocycles. The van der Waals surface area contributed by atoms with Gasteiger partial charge in [-0.05, 0) is 42.7 Å². The van der Waals surface area contributed by atoms with Gasteiger partial charge in [-0.1, -0.05) is 37.5 Å². The van der Waals surface area contributed by atoms with E-state index < -0.39 is 0 Å². The van der Waals surface area contributed by atoms with E-state index in [4.69, 9.17) is 0 Å². The van der Waals surface area contributed by atoms with Crippen molar-refractivity contribution in [3.63, 3.8) is 0 Å². The molecule has 5 heteroatoms. The molecule has 0 bridgehead atoms. The zero-order valence-electron chi connectivity index (χ0n) is 15.3. The van der Waals surface area contributed by atoms with E-state index in [9.17, 15) is 4.39 Å². The summed E-state index contributed by atoms with van der Waals surface area (Å²) in [6, 6.07) is 12.9. The van der Waals surface area contributed by atoms with Crippen molar-refractivity contribution in [2.45, 2.75) is 44.1 Å². The summed E-state index contributed by atoms with van der Waals surface area (Å²) in [6.07, 6.45) is 7.54. The van der Waals surface area contributed by atoms with Gasteiger partial charge in [0.25, 0.3) is 0 Å². The lowest BCUT2D eigenvalue weighted by Crippen LogP contribution is -2.46. The van der Waals surface area contributed by atoms with Gasteiger partial charge in [-0.3, -0.25) is 9.98 Å². The van der Waals surface area contributed by atoms with E-state index in [0.29, 0.717) is 6.54 Å². The number of rotatable bonds is 5. The largest absolute Gasteiger partial charge is 0.356 e. The van der Waals surface area contributed by atoms with E-state index >= 15 is 0 Å². The maximum atomic E-state index is 13.8. The average molecular weight is 354 g/mol. The minimum absolute atomic E-state index is 0.0387. The topological polar surface area (TPSA) is 49.3 Å². The van der Waals surface area contributed by atoms with Crippen molar-refractivity contribution in [2.24, 2.45) is 4.99 Å². The highest BCUT2D eigenvalue weighted by Gasteiger charge is 2.34. The number of guanidine groups is 1. The molecule has 0 spiro atoms. The third-order valence-corrected chi connectivity index (χ3v) is 5.23. The van der Waals surface area contributed by atoms with Crippen molar-refractivity contribution in [2.75, 3.05) is 13.6 Å². The first kappa shape index (κ1) is 18.4. The third kappa shape index (κ3) is 4.59. The highest BCUT2D eigenvalue weighted by atomic mass is 19.1. The van der Waals surface area contributed by atoms with Crippen LogP contribution in [0.1, 0.15) is 43.4 Å². The summed E-state index contributed by atoms with van der Waals surface area (Å²) in [5, 5.41) is 6.76. The van der Waals surface area contributed by atoms with Crippen LogP contribution in [0.15, 0.2) is 53.7 Å². The van der Waals surface area contributed by atoms with E-state index in [1.807, 2.05) is 24.3 Å². The van der Waals surface area contributed by atoms with Crippen molar-refractivity contribution in [1.29, 1.82) is 0 Å². The second-order valence-electron chi connectivity index (χ2n) is 6.95. The fourth-order valence-electron chi connectivity index (χ4n) is 3.76. The Morgan fingerprint density at radius 3 is 2.65 bits per heavy atom. The zero-order chi connectivity index (χ0) is 18.2. The normalized spacial score (nSPS) is 16.9. The van der Waals surface area contributed by atoms with Crippen LogP contribution in [0, 0.1) is 5.82 Å². The smallest absolute Gasteiger partial charge is 0.191 e. The van der Waals surface area contributed by atoms with Crippen LogP contribution in [0.25, 0.3) is 0 Å². The predicted octanol–water partition coefficient (Wildman–Crippen LogP) is 3.79. The minimum Gasteiger partial charge on any atom is -0.356 e. The van der Waals surface area contributed by atoms with Crippen molar-refractivity contribution in [1.82, 2.24) is 15.6 Å². The number of hydrogen-bond donors (Lipinski definition) is 2. The summed E-state index contributed by atoms with van der Waals surface area (Å²) in [6.45, 7) is 1.37. The fourth-order valence-corrected chi connectivity index (χ4v) is 3.76. The lowest BCUT2D eigenvalue weighted by Gasteiger charge is -2.38. The molecule has 2 N–H and O–H groups in total. The first-order valence-corrected chi connectivity index (χ1v) is 9.32. The summed E-state index contributed by atoms with van der Waals surface area (Å²) < 4.78 is 13.8. The Labute approximate surface area is 155 Å². The van der Waals surface area contributed by atoms with E-state index in [1.54, 1.807) is 19.3 Å². The van der Waals surface area contributed by atoms with Gasteiger partial charge in [-0.25, -0.2) is 4.39 Å². The molecule has 138 valence electrons. The molecule has 0 amide bonds. The van der Waals surface area contributed by atoms with Crippen LogP contribution in [0.5, 0.6) is 0 Å². The minimum atomic E-state index is -0.162. The Kier molecular flexibility index (Phi) is 6.21. The molecule has 0 unspecified atom stereocenters. The van der Waals surface area contributed by atoms with E-state index in [-0.39, 0.29) is 11.2 Å². The number of nitrogens with one attached hydrogen (secondary N) is 2. The Morgan fingerprint density at radius 2 is 1.96 bits per heavy atom. The first-order chi connectivity index (χ1) is 12.7. The van der Waals surface area contributed by atoms with Crippen molar-refractivity contribution in [3.8, 4) is 0 Å². The van der Waals surface area contributed by atoms with Crippen LogP contribution < -0.4 is 10.6 Å². The second-order valence-corrected chi connectivity index (χ2v) is 6.95. The van der Waals surface area contributed by atoms with E-state index in [0.717, 1.165) is 36.6 Å². The molecule has 1 fully saturated rings. The number of aliphatic imine (C=N–C) groups is 1. The lowest BCUT2D eigenvalue weighted by atomic mass is 9.69. The molecule has 1 aromatic heterocycles. The summed E-state index contributed by atoms with van der Waals surface area (Å²) in [7, 11) is 1.77. The highest BCUT2D eigenvalue weighted by Crippen LogP contribution is 2.39. The predicted molar refractivity (Wildman–Crippen MR) is 104 cm³/mol. The molecule has 1 aromatic carbocycles. The number of pyridine rings is 1. The second kappa shape index (κ2) is 8.79. The average Bonchev–Trinajstić information content (AvgIpc) is 2.69. The van der Waals surface area contributed by atoms with Crippen molar-refractivity contribution < 1.29 is 4.39 Å². The van der Waals surface area contributed by atoms with Crippen LogP contribution in [0.3, 0.4) is 0 Å². The SMILES string of the molecule is CN=C(NCc1ccccn1)NCC1(c2cccc(F)c2)CCCCC1. The van der Waals surface area contributed by atoms with Gasteiger partial charge < -0.3 is 10.6 Å². The molecular weight excluding hydrogens is 327 g/mol. The van der Waals surface area contributed by atoms with Gasteiger partial charge >= 0.3 is 0 Å².